The Morgan fingerprint density at radius 3 is 2.33 bits per heavy atom. The number of hydrogen-bond donors (Lipinski definition) is 3. The van der Waals surface area contributed by atoms with E-state index in [0.29, 0.717) is 6.42 Å². The van der Waals surface area contributed by atoms with Gasteiger partial charge in [0.05, 0.1) is 11.8 Å². The second kappa shape index (κ2) is 8.21. The van der Waals surface area contributed by atoms with Gasteiger partial charge in [-0.2, -0.15) is 0 Å². The van der Waals surface area contributed by atoms with Gasteiger partial charge >= 0.3 is 12.1 Å². The number of carbonyl (C=O) groups excluding carboxylic acids is 2. The summed E-state index contributed by atoms with van der Waals surface area (Å²) in [5, 5.41) is 14.7. The molecule has 0 spiro atoms. The molecule has 0 aromatic heterocycles. The van der Waals surface area contributed by atoms with Crippen molar-refractivity contribution >= 4 is 18.0 Å². The molecule has 2 amide bonds. The van der Waals surface area contributed by atoms with Gasteiger partial charge in [-0.1, -0.05) is 48.5 Å². The van der Waals surface area contributed by atoms with Crippen LogP contribution < -0.4 is 10.6 Å². The third-order valence-electron chi connectivity index (χ3n) is 7.39. The van der Waals surface area contributed by atoms with E-state index in [1.54, 1.807) is 6.92 Å². The fourth-order valence-electron chi connectivity index (χ4n) is 5.77. The van der Waals surface area contributed by atoms with E-state index in [1.165, 1.54) is 22.3 Å². The molecule has 3 aliphatic carbocycles. The normalized spacial score (nSPS) is 25.4. The molecule has 2 aromatic rings. The first kappa shape index (κ1) is 21.5. The first-order valence-electron chi connectivity index (χ1n) is 11.5. The van der Waals surface area contributed by atoms with E-state index in [0.717, 1.165) is 12.8 Å². The minimum Gasteiger partial charge on any atom is -0.481 e. The molecule has 1 unspecified atom stereocenters. The van der Waals surface area contributed by atoms with Gasteiger partial charge in [0.15, 0.2) is 0 Å². The van der Waals surface area contributed by atoms with Crippen molar-refractivity contribution in [2.24, 2.45) is 11.3 Å². The minimum atomic E-state index is -0.936. The van der Waals surface area contributed by atoms with E-state index in [2.05, 4.69) is 34.9 Å². The lowest BCUT2D eigenvalue weighted by Gasteiger charge is -2.20. The maximum Gasteiger partial charge on any atom is 0.407 e. The number of alkyl carbamates (subject to hydrolysis) is 1. The molecule has 3 aliphatic rings. The van der Waals surface area contributed by atoms with Crippen LogP contribution in [-0.2, 0) is 14.3 Å². The Hall–Kier alpha value is -3.35. The molecule has 0 heterocycles. The lowest BCUT2D eigenvalue weighted by Crippen LogP contribution is -2.41. The Morgan fingerprint density at radius 2 is 1.70 bits per heavy atom. The molecule has 172 valence electrons. The first-order valence-corrected chi connectivity index (χ1v) is 11.5. The second-order valence-electron chi connectivity index (χ2n) is 9.64. The van der Waals surface area contributed by atoms with Gasteiger partial charge in [-0.3, -0.25) is 9.59 Å². The van der Waals surface area contributed by atoms with Crippen LogP contribution in [0.4, 0.5) is 4.79 Å². The summed E-state index contributed by atoms with van der Waals surface area (Å²) >= 11 is 0. The van der Waals surface area contributed by atoms with Crippen molar-refractivity contribution in [1.29, 1.82) is 0 Å². The molecule has 7 nitrogen and oxygen atoms in total. The standard InChI is InChI=1S/C26H28N2O5/c1-15(10-23(29)30)27-24(31)26-12-16(26)11-17(13-26)28-25(32)33-14-22-20-8-4-2-6-18(20)19-7-3-5-9-21(19)22/h2-9,15-17,22H,10-14H2,1H3,(H,27,31)(H,28,32)(H,29,30)/t15?,16-,17+,26+/m1/s1. The van der Waals surface area contributed by atoms with Gasteiger partial charge in [-0.25, -0.2) is 4.79 Å². The van der Waals surface area contributed by atoms with Crippen molar-refractivity contribution in [2.45, 2.75) is 50.6 Å². The molecule has 2 aromatic carbocycles. The number of hydrogen-bond acceptors (Lipinski definition) is 4. The highest BCUT2D eigenvalue weighted by Gasteiger charge is 2.65. The van der Waals surface area contributed by atoms with Gasteiger partial charge in [0.2, 0.25) is 5.91 Å². The number of amides is 2. The van der Waals surface area contributed by atoms with E-state index < -0.39 is 23.5 Å². The van der Waals surface area contributed by atoms with Crippen LogP contribution in [-0.4, -0.2) is 41.8 Å². The third kappa shape index (κ3) is 3.96. The Labute approximate surface area is 192 Å². The van der Waals surface area contributed by atoms with Crippen molar-refractivity contribution in [3.8, 4) is 11.1 Å². The Kier molecular flexibility index (Phi) is 5.35. The van der Waals surface area contributed by atoms with Crippen LogP contribution >= 0.6 is 0 Å². The molecule has 33 heavy (non-hydrogen) atoms. The fourth-order valence-corrected chi connectivity index (χ4v) is 5.77. The Bertz CT molecular complexity index is 1070. The van der Waals surface area contributed by atoms with E-state index >= 15 is 0 Å². The topological polar surface area (TPSA) is 105 Å². The molecule has 0 radical (unpaired) electrons. The number of rotatable bonds is 7. The number of fused-ring (bicyclic) bond motifs is 4. The van der Waals surface area contributed by atoms with E-state index in [-0.39, 0.29) is 36.8 Å². The van der Waals surface area contributed by atoms with Gasteiger partial charge in [0, 0.05) is 18.0 Å². The lowest BCUT2D eigenvalue weighted by molar-refractivity contribution is -0.137. The zero-order valence-corrected chi connectivity index (χ0v) is 18.5. The van der Waals surface area contributed by atoms with Crippen LogP contribution in [0, 0.1) is 11.3 Å². The van der Waals surface area contributed by atoms with Gasteiger partial charge in [-0.05, 0) is 54.4 Å². The van der Waals surface area contributed by atoms with Crippen LogP contribution in [0.2, 0.25) is 0 Å². The van der Waals surface area contributed by atoms with E-state index in [1.807, 2.05) is 24.3 Å². The number of carbonyl (C=O) groups is 3. The zero-order valence-electron chi connectivity index (χ0n) is 18.5. The van der Waals surface area contributed by atoms with Crippen molar-refractivity contribution in [2.75, 3.05) is 6.61 Å². The Balaban J connectivity index is 1.16. The summed E-state index contributed by atoms with van der Waals surface area (Å²) in [6, 6.07) is 15.9. The molecule has 3 N–H and O–H groups in total. The number of nitrogens with one attached hydrogen (secondary N) is 2. The molecular weight excluding hydrogens is 420 g/mol. The molecule has 0 bridgehead atoms. The molecule has 2 fully saturated rings. The summed E-state index contributed by atoms with van der Waals surface area (Å²) in [6.07, 6.45) is 1.53. The number of carboxylic acids is 1. The monoisotopic (exact) mass is 448 g/mol. The molecular formula is C26H28N2O5. The van der Waals surface area contributed by atoms with E-state index in [4.69, 9.17) is 9.84 Å². The van der Waals surface area contributed by atoms with Crippen LogP contribution in [0.3, 0.4) is 0 Å². The van der Waals surface area contributed by atoms with Crippen LogP contribution in [0.1, 0.15) is 49.7 Å². The lowest BCUT2D eigenvalue weighted by atomic mass is 9.98. The predicted molar refractivity (Wildman–Crippen MR) is 122 cm³/mol. The Morgan fingerprint density at radius 1 is 1.06 bits per heavy atom. The molecule has 2 saturated carbocycles. The fraction of sp³-hybridized carbons (Fsp3) is 0.423. The van der Waals surface area contributed by atoms with Gasteiger partial charge in [0.1, 0.15) is 6.61 Å². The summed E-state index contributed by atoms with van der Waals surface area (Å²) < 4.78 is 5.64. The number of benzene rings is 2. The largest absolute Gasteiger partial charge is 0.481 e. The molecule has 5 rings (SSSR count). The maximum atomic E-state index is 12.7. The van der Waals surface area contributed by atoms with Crippen LogP contribution in [0.5, 0.6) is 0 Å². The van der Waals surface area contributed by atoms with Crippen LogP contribution in [0.25, 0.3) is 11.1 Å². The van der Waals surface area contributed by atoms with Crippen LogP contribution in [0.15, 0.2) is 48.5 Å². The summed E-state index contributed by atoms with van der Waals surface area (Å²) in [6.45, 7) is 1.95. The second-order valence-corrected chi connectivity index (χ2v) is 9.64. The first-order chi connectivity index (χ1) is 15.9. The average Bonchev–Trinajstić information content (AvgIpc) is 3.20. The third-order valence-corrected chi connectivity index (χ3v) is 7.39. The molecule has 7 heteroatoms. The SMILES string of the molecule is CC(CC(=O)O)NC(=O)[C@@]12C[C@@H](NC(=O)OCC3c4ccccc4-c4ccccc43)C[C@@H]1C2. The summed E-state index contributed by atoms with van der Waals surface area (Å²) in [4.78, 5) is 36.1. The minimum absolute atomic E-state index is 0.00738. The van der Waals surface area contributed by atoms with E-state index in [9.17, 15) is 14.4 Å². The highest BCUT2D eigenvalue weighted by Crippen LogP contribution is 2.63. The van der Waals surface area contributed by atoms with Crippen molar-refractivity contribution < 1.29 is 24.2 Å². The van der Waals surface area contributed by atoms with Crippen molar-refractivity contribution in [3.63, 3.8) is 0 Å². The average molecular weight is 449 g/mol. The van der Waals surface area contributed by atoms with Gasteiger partial charge in [0.25, 0.3) is 0 Å². The number of ether oxygens (including phenoxy) is 1. The smallest absolute Gasteiger partial charge is 0.407 e. The summed E-state index contributed by atoms with van der Waals surface area (Å²) in [5.74, 6) is -0.798. The predicted octanol–water partition coefficient (Wildman–Crippen LogP) is 3.67. The van der Waals surface area contributed by atoms with Gasteiger partial charge in [-0.15, -0.1) is 0 Å². The molecule has 0 aliphatic heterocycles. The zero-order chi connectivity index (χ0) is 23.2. The molecule has 0 saturated heterocycles. The quantitative estimate of drug-likeness (QED) is 0.599. The maximum absolute atomic E-state index is 12.7. The summed E-state index contributed by atoms with van der Waals surface area (Å²) in [7, 11) is 0. The van der Waals surface area contributed by atoms with Crippen molar-refractivity contribution in [3.05, 3.63) is 59.7 Å². The van der Waals surface area contributed by atoms with Crippen molar-refractivity contribution in [1.82, 2.24) is 10.6 Å². The summed E-state index contributed by atoms with van der Waals surface area (Å²) in [5.41, 5.74) is 4.22. The molecule has 4 atom stereocenters. The highest BCUT2D eigenvalue weighted by atomic mass is 16.5. The number of carboxylic acid groups (broad SMARTS) is 1. The number of aliphatic carboxylic acids is 1. The van der Waals surface area contributed by atoms with Gasteiger partial charge < -0.3 is 20.5 Å². The highest BCUT2D eigenvalue weighted by molar-refractivity contribution is 5.87.